The largest absolute Gasteiger partial charge is 0.495 e. The Hall–Kier alpha value is -2.78. The molecule has 0 unspecified atom stereocenters. The first-order valence-corrected chi connectivity index (χ1v) is 12.7. The molecule has 0 heterocycles. The summed E-state index contributed by atoms with van der Waals surface area (Å²) in [5, 5.41) is 3.08. The summed E-state index contributed by atoms with van der Waals surface area (Å²) in [4.78, 5) is 27.5. The first-order valence-electron chi connectivity index (χ1n) is 10.5. The number of ether oxygens (including phenoxy) is 1. The number of nitrogens with zero attached hydrogens (tertiary/aromatic N) is 2. The van der Waals surface area contributed by atoms with Crippen molar-refractivity contribution in [2.45, 2.75) is 32.9 Å². The van der Waals surface area contributed by atoms with Crippen molar-refractivity contribution in [2.75, 3.05) is 30.8 Å². The second kappa shape index (κ2) is 11.9. The Morgan fingerprint density at radius 1 is 1.15 bits per heavy atom. The summed E-state index contributed by atoms with van der Waals surface area (Å²) in [5.41, 5.74) is 0.954. The van der Waals surface area contributed by atoms with Crippen molar-refractivity contribution >= 4 is 39.1 Å². The molecule has 0 saturated heterocycles. The first kappa shape index (κ1) is 26.5. The molecule has 8 nitrogen and oxygen atoms in total. The maximum Gasteiger partial charge on any atom is 0.244 e. The molecule has 2 aromatic rings. The highest BCUT2D eigenvalue weighted by Gasteiger charge is 2.31. The minimum atomic E-state index is -3.88. The molecule has 10 heteroatoms. The van der Waals surface area contributed by atoms with Crippen molar-refractivity contribution in [3.63, 3.8) is 0 Å². The molecule has 0 bridgehead atoms. The highest BCUT2D eigenvalue weighted by molar-refractivity contribution is 7.92. The fraction of sp³-hybridized carbons (Fsp3) is 0.391. The molecule has 1 N–H and O–H groups in total. The molecular weight excluding hydrogens is 466 g/mol. The Bertz CT molecular complexity index is 1060. The topological polar surface area (TPSA) is 96.0 Å². The summed E-state index contributed by atoms with van der Waals surface area (Å²) in [7, 11) is -2.48. The molecule has 0 fully saturated rings. The van der Waals surface area contributed by atoms with Gasteiger partial charge in [-0.2, -0.15) is 0 Å². The highest BCUT2D eigenvalue weighted by Crippen LogP contribution is 2.33. The summed E-state index contributed by atoms with van der Waals surface area (Å²) in [6.07, 6.45) is 1.75. The number of anilines is 1. The van der Waals surface area contributed by atoms with Crippen molar-refractivity contribution < 1.29 is 22.7 Å². The fourth-order valence-electron chi connectivity index (χ4n) is 3.21. The van der Waals surface area contributed by atoms with Crippen LogP contribution < -0.4 is 14.4 Å². The third kappa shape index (κ3) is 7.36. The van der Waals surface area contributed by atoms with Gasteiger partial charge in [-0.25, -0.2) is 8.42 Å². The monoisotopic (exact) mass is 495 g/mol. The van der Waals surface area contributed by atoms with Gasteiger partial charge in [-0.05, 0) is 37.1 Å². The van der Waals surface area contributed by atoms with Gasteiger partial charge in [0.2, 0.25) is 21.8 Å². The number of carbonyl (C=O) groups excluding carboxylic acids is 2. The van der Waals surface area contributed by atoms with Crippen LogP contribution in [-0.4, -0.2) is 57.6 Å². The van der Waals surface area contributed by atoms with Gasteiger partial charge in [-0.3, -0.25) is 13.9 Å². The number of hydrogen-bond donors (Lipinski definition) is 1. The predicted molar refractivity (Wildman–Crippen MR) is 130 cm³/mol. The number of halogens is 1. The minimum absolute atomic E-state index is 0.142. The number of benzene rings is 2. The van der Waals surface area contributed by atoms with Crippen LogP contribution in [0.25, 0.3) is 0 Å². The van der Waals surface area contributed by atoms with Gasteiger partial charge < -0.3 is 15.0 Å². The standard InChI is InChI=1S/C23H30ClN3O5S/c1-5-13-25-23(29)17(2)26(15-18-9-7-6-8-10-18)22(28)16-27(33(4,30)31)20-14-19(24)11-12-21(20)32-3/h6-12,14,17H,5,13,15-16H2,1-4H3,(H,25,29)/t17-/m1/s1. The number of carbonyl (C=O) groups is 2. The van der Waals surface area contributed by atoms with E-state index in [4.69, 9.17) is 16.3 Å². The van der Waals surface area contributed by atoms with E-state index in [1.54, 1.807) is 13.0 Å². The van der Waals surface area contributed by atoms with Gasteiger partial charge >= 0.3 is 0 Å². The predicted octanol–water partition coefficient (Wildman–Crippen LogP) is 3.06. The van der Waals surface area contributed by atoms with Gasteiger partial charge in [-0.1, -0.05) is 48.9 Å². The number of methoxy groups -OCH3 is 1. The molecule has 0 radical (unpaired) electrons. The molecule has 33 heavy (non-hydrogen) atoms. The molecule has 2 aromatic carbocycles. The van der Waals surface area contributed by atoms with Crippen LogP contribution in [0.15, 0.2) is 48.5 Å². The molecule has 1 atom stereocenters. The van der Waals surface area contributed by atoms with Gasteiger partial charge in [0.1, 0.15) is 18.3 Å². The Kier molecular flexibility index (Phi) is 9.55. The van der Waals surface area contributed by atoms with Gasteiger partial charge in [-0.15, -0.1) is 0 Å². The number of hydrogen-bond acceptors (Lipinski definition) is 5. The van der Waals surface area contributed by atoms with Gasteiger partial charge in [0.05, 0.1) is 19.1 Å². The Morgan fingerprint density at radius 3 is 2.39 bits per heavy atom. The number of rotatable bonds is 11. The average molecular weight is 496 g/mol. The smallest absolute Gasteiger partial charge is 0.244 e. The summed E-state index contributed by atoms with van der Waals surface area (Å²) < 4.78 is 31.5. The summed E-state index contributed by atoms with van der Waals surface area (Å²) in [5.74, 6) is -0.598. The van der Waals surface area contributed by atoms with Crippen molar-refractivity contribution in [3.05, 3.63) is 59.1 Å². The zero-order chi connectivity index (χ0) is 24.6. The van der Waals surface area contributed by atoms with E-state index in [2.05, 4.69) is 5.32 Å². The Balaban J connectivity index is 2.42. The van der Waals surface area contributed by atoms with Crippen LogP contribution in [0.4, 0.5) is 5.69 Å². The lowest BCUT2D eigenvalue weighted by Gasteiger charge is -2.31. The minimum Gasteiger partial charge on any atom is -0.495 e. The number of nitrogens with one attached hydrogen (secondary N) is 1. The summed E-state index contributed by atoms with van der Waals surface area (Å²) in [6, 6.07) is 12.9. The highest BCUT2D eigenvalue weighted by atomic mass is 35.5. The zero-order valence-corrected chi connectivity index (χ0v) is 20.8. The van der Waals surface area contributed by atoms with Gasteiger partial charge in [0.15, 0.2) is 0 Å². The lowest BCUT2D eigenvalue weighted by molar-refractivity contribution is -0.139. The van der Waals surface area contributed by atoms with E-state index in [9.17, 15) is 18.0 Å². The van der Waals surface area contributed by atoms with E-state index in [-0.39, 0.29) is 23.9 Å². The number of amides is 2. The Morgan fingerprint density at radius 2 is 1.82 bits per heavy atom. The molecule has 0 aliphatic carbocycles. The van der Waals surface area contributed by atoms with E-state index in [0.717, 1.165) is 22.5 Å². The molecule has 2 rings (SSSR count). The Labute approximate surface area is 200 Å². The van der Waals surface area contributed by atoms with Gasteiger partial charge in [0, 0.05) is 18.1 Å². The molecule has 180 valence electrons. The summed E-state index contributed by atoms with van der Waals surface area (Å²) in [6.45, 7) is 3.65. The lowest BCUT2D eigenvalue weighted by atomic mass is 10.1. The van der Waals surface area contributed by atoms with Crippen LogP contribution in [0.2, 0.25) is 5.02 Å². The third-order valence-corrected chi connectivity index (χ3v) is 6.36. The molecule has 2 amide bonds. The van der Waals surface area contributed by atoms with E-state index < -0.39 is 28.5 Å². The fourth-order valence-corrected chi connectivity index (χ4v) is 4.22. The van der Waals surface area contributed by atoms with Crippen molar-refractivity contribution in [1.82, 2.24) is 10.2 Å². The maximum atomic E-state index is 13.4. The van der Waals surface area contributed by atoms with Crippen molar-refractivity contribution in [2.24, 2.45) is 0 Å². The zero-order valence-electron chi connectivity index (χ0n) is 19.2. The summed E-state index contributed by atoms with van der Waals surface area (Å²) >= 11 is 6.09. The average Bonchev–Trinajstić information content (AvgIpc) is 2.78. The third-order valence-electron chi connectivity index (χ3n) is 5.00. The van der Waals surface area contributed by atoms with Gasteiger partial charge in [0.25, 0.3) is 0 Å². The van der Waals surface area contributed by atoms with E-state index in [0.29, 0.717) is 11.6 Å². The first-order chi connectivity index (χ1) is 15.6. The van der Waals surface area contributed by atoms with Crippen LogP contribution in [0.5, 0.6) is 5.75 Å². The molecule has 0 aliphatic heterocycles. The maximum absolute atomic E-state index is 13.4. The molecule has 0 spiro atoms. The SMILES string of the molecule is CCCNC(=O)[C@@H](C)N(Cc1ccccc1)C(=O)CN(c1cc(Cl)ccc1OC)S(C)(=O)=O. The van der Waals surface area contributed by atoms with Crippen LogP contribution in [-0.2, 0) is 26.2 Å². The van der Waals surface area contributed by atoms with E-state index in [1.807, 2.05) is 37.3 Å². The van der Waals surface area contributed by atoms with E-state index in [1.165, 1.54) is 24.1 Å². The van der Waals surface area contributed by atoms with E-state index >= 15 is 0 Å². The van der Waals surface area contributed by atoms with Crippen LogP contribution >= 0.6 is 11.6 Å². The van der Waals surface area contributed by atoms with Crippen LogP contribution in [0.3, 0.4) is 0 Å². The molecule has 0 saturated carbocycles. The molecule has 0 aliphatic rings. The van der Waals surface area contributed by atoms with Crippen molar-refractivity contribution in [3.8, 4) is 5.75 Å². The lowest BCUT2D eigenvalue weighted by Crippen LogP contribution is -2.51. The molecule has 0 aromatic heterocycles. The number of sulfonamides is 1. The second-order valence-corrected chi connectivity index (χ2v) is 9.90. The second-order valence-electron chi connectivity index (χ2n) is 7.56. The van der Waals surface area contributed by atoms with Crippen molar-refractivity contribution in [1.29, 1.82) is 0 Å². The van der Waals surface area contributed by atoms with Crippen LogP contribution in [0.1, 0.15) is 25.8 Å². The quantitative estimate of drug-likeness (QED) is 0.517. The van der Waals surface area contributed by atoms with Crippen LogP contribution in [0, 0.1) is 0 Å². The normalized spacial score (nSPS) is 12.0. The molecular formula is C23H30ClN3O5S.